The van der Waals surface area contributed by atoms with E-state index in [0.717, 1.165) is 11.3 Å². The molecule has 0 saturated carbocycles. The van der Waals surface area contributed by atoms with Crippen molar-refractivity contribution in [2.24, 2.45) is 0 Å². The van der Waals surface area contributed by atoms with Crippen LogP contribution in [0.3, 0.4) is 0 Å². The molecular formula is C11H11NO3. The van der Waals surface area contributed by atoms with Gasteiger partial charge in [-0.25, -0.2) is 0 Å². The average molecular weight is 205 g/mol. The van der Waals surface area contributed by atoms with Crippen molar-refractivity contribution in [1.29, 1.82) is 0 Å². The largest absolute Gasteiger partial charge is 0.482 e. The highest BCUT2D eigenvalue weighted by atomic mass is 16.5. The van der Waals surface area contributed by atoms with Crippen molar-refractivity contribution in [2.75, 3.05) is 18.1 Å². The summed E-state index contributed by atoms with van der Waals surface area (Å²) in [6.07, 6.45) is 0.119. The Morgan fingerprint density at radius 2 is 2.33 bits per heavy atom. The number of para-hydroxylation sites is 1. The Bertz CT molecular complexity index is 430. The number of hydrogen-bond acceptors (Lipinski definition) is 3. The molecule has 4 nitrogen and oxygen atoms in total. The number of nitrogens with zero attached hydrogens (tertiary/aromatic N) is 1. The maximum Gasteiger partial charge on any atom is 0.265 e. The summed E-state index contributed by atoms with van der Waals surface area (Å²) in [5.41, 5.74) is 1.55. The van der Waals surface area contributed by atoms with Gasteiger partial charge in [-0.15, -0.1) is 0 Å². The van der Waals surface area contributed by atoms with Crippen LogP contribution in [0.25, 0.3) is 0 Å². The monoisotopic (exact) mass is 205 g/mol. The fraction of sp³-hybridized carbons (Fsp3) is 0.364. The molecule has 0 aromatic heterocycles. The van der Waals surface area contributed by atoms with Crippen LogP contribution in [0.4, 0.5) is 5.69 Å². The number of rotatable bonds is 0. The van der Waals surface area contributed by atoms with Crippen LogP contribution in [-0.4, -0.2) is 24.2 Å². The van der Waals surface area contributed by atoms with E-state index < -0.39 is 6.10 Å². The molecule has 2 aliphatic rings. The molecule has 0 aliphatic carbocycles. The number of benzene rings is 1. The number of carbonyl (C=O) groups is 1. The first-order valence-corrected chi connectivity index (χ1v) is 5.01. The molecule has 1 aromatic carbocycles. The predicted molar refractivity (Wildman–Crippen MR) is 53.9 cm³/mol. The second-order valence-electron chi connectivity index (χ2n) is 3.83. The predicted octanol–water partition coefficient (Wildman–Crippen LogP) is 0.849. The molecule has 1 N–H and O–H groups in total. The van der Waals surface area contributed by atoms with E-state index in [1.54, 1.807) is 4.90 Å². The molecule has 1 unspecified atom stereocenters. The molecule has 2 aliphatic heterocycles. The van der Waals surface area contributed by atoms with Crippen LogP contribution in [0, 0.1) is 0 Å². The quantitative estimate of drug-likeness (QED) is 0.683. The molecular weight excluding hydrogens is 194 g/mol. The van der Waals surface area contributed by atoms with Crippen LogP contribution in [0.5, 0.6) is 5.75 Å². The molecule has 1 atom stereocenters. The van der Waals surface area contributed by atoms with Crippen molar-refractivity contribution < 1.29 is 14.6 Å². The lowest BCUT2D eigenvalue weighted by molar-refractivity contribution is -0.121. The lowest BCUT2D eigenvalue weighted by Gasteiger charge is -2.36. The van der Waals surface area contributed by atoms with E-state index in [-0.39, 0.29) is 12.5 Å². The summed E-state index contributed by atoms with van der Waals surface area (Å²) in [4.78, 5) is 13.3. The van der Waals surface area contributed by atoms with Crippen LogP contribution in [0.15, 0.2) is 18.2 Å². The Kier molecular flexibility index (Phi) is 1.73. The first kappa shape index (κ1) is 8.73. The van der Waals surface area contributed by atoms with Gasteiger partial charge in [0.05, 0.1) is 11.8 Å². The number of carbonyl (C=O) groups excluding carboxylic acids is 1. The van der Waals surface area contributed by atoms with Crippen molar-refractivity contribution in [3.63, 3.8) is 0 Å². The highest BCUT2D eigenvalue weighted by Gasteiger charge is 2.33. The van der Waals surface area contributed by atoms with Crippen molar-refractivity contribution >= 4 is 11.6 Å². The third-order valence-corrected chi connectivity index (χ3v) is 2.94. The van der Waals surface area contributed by atoms with Crippen LogP contribution in [-0.2, 0) is 4.79 Å². The zero-order valence-electron chi connectivity index (χ0n) is 8.14. The molecule has 15 heavy (non-hydrogen) atoms. The third kappa shape index (κ3) is 1.15. The Balaban J connectivity index is 2.22. The van der Waals surface area contributed by atoms with Crippen LogP contribution >= 0.6 is 0 Å². The number of aliphatic hydroxyl groups excluding tert-OH is 1. The van der Waals surface area contributed by atoms with Gasteiger partial charge in [-0.2, -0.15) is 0 Å². The number of aliphatic hydroxyl groups is 1. The number of anilines is 1. The topological polar surface area (TPSA) is 49.8 Å². The highest BCUT2D eigenvalue weighted by Crippen LogP contribution is 2.42. The summed E-state index contributed by atoms with van der Waals surface area (Å²) in [5, 5.41) is 9.82. The van der Waals surface area contributed by atoms with Gasteiger partial charge in [0, 0.05) is 12.1 Å². The van der Waals surface area contributed by atoms with Gasteiger partial charge >= 0.3 is 0 Å². The zero-order chi connectivity index (χ0) is 10.4. The fourth-order valence-electron chi connectivity index (χ4n) is 2.20. The van der Waals surface area contributed by atoms with E-state index in [1.807, 2.05) is 18.2 Å². The maximum atomic E-state index is 11.6. The van der Waals surface area contributed by atoms with E-state index in [0.29, 0.717) is 18.7 Å². The van der Waals surface area contributed by atoms with E-state index >= 15 is 0 Å². The van der Waals surface area contributed by atoms with Crippen LogP contribution in [0.1, 0.15) is 18.1 Å². The zero-order valence-corrected chi connectivity index (χ0v) is 8.14. The number of hydrogen-bond donors (Lipinski definition) is 1. The van der Waals surface area contributed by atoms with Gasteiger partial charge < -0.3 is 14.7 Å². The minimum absolute atomic E-state index is 0.0261. The average Bonchev–Trinajstić information content (AvgIpc) is 2.26. The van der Waals surface area contributed by atoms with Gasteiger partial charge in [-0.1, -0.05) is 12.1 Å². The third-order valence-electron chi connectivity index (χ3n) is 2.94. The van der Waals surface area contributed by atoms with E-state index in [4.69, 9.17) is 4.74 Å². The number of ether oxygens (including phenoxy) is 1. The lowest BCUT2D eigenvalue weighted by atomic mass is 9.97. The second-order valence-corrected chi connectivity index (χ2v) is 3.83. The summed E-state index contributed by atoms with van der Waals surface area (Å²) in [7, 11) is 0. The van der Waals surface area contributed by atoms with Gasteiger partial charge in [0.25, 0.3) is 5.91 Å². The van der Waals surface area contributed by atoms with Crippen LogP contribution < -0.4 is 9.64 Å². The smallest absolute Gasteiger partial charge is 0.265 e. The molecule has 2 heterocycles. The van der Waals surface area contributed by atoms with Crippen molar-refractivity contribution in [3.8, 4) is 5.75 Å². The van der Waals surface area contributed by atoms with E-state index in [2.05, 4.69) is 0 Å². The maximum absolute atomic E-state index is 11.6. The minimum atomic E-state index is -0.481. The normalized spacial score (nSPS) is 23.4. The van der Waals surface area contributed by atoms with E-state index in [1.165, 1.54) is 0 Å². The standard InChI is InChI=1S/C11H11NO3/c13-8-4-5-12-10(14)6-15-9-3-1-2-7(8)11(9)12/h1-3,8,13H,4-6H2. The van der Waals surface area contributed by atoms with E-state index in [9.17, 15) is 9.90 Å². The van der Waals surface area contributed by atoms with Gasteiger partial charge in [0.1, 0.15) is 5.75 Å². The first-order valence-electron chi connectivity index (χ1n) is 5.01. The van der Waals surface area contributed by atoms with Gasteiger partial charge in [0.2, 0.25) is 0 Å². The molecule has 4 heteroatoms. The Hall–Kier alpha value is -1.55. The lowest BCUT2D eigenvalue weighted by Crippen LogP contribution is -2.42. The molecule has 0 bridgehead atoms. The van der Waals surface area contributed by atoms with Gasteiger partial charge in [-0.05, 0) is 12.5 Å². The number of amides is 1. The van der Waals surface area contributed by atoms with Gasteiger partial charge in [0.15, 0.2) is 6.61 Å². The minimum Gasteiger partial charge on any atom is -0.482 e. The molecule has 78 valence electrons. The van der Waals surface area contributed by atoms with Crippen molar-refractivity contribution in [3.05, 3.63) is 23.8 Å². The van der Waals surface area contributed by atoms with Crippen molar-refractivity contribution in [2.45, 2.75) is 12.5 Å². The summed E-state index contributed by atoms with van der Waals surface area (Å²) in [6.45, 7) is 0.680. The molecule has 1 aromatic rings. The summed E-state index contributed by atoms with van der Waals surface area (Å²) < 4.78 is 5.33. The molecule has 1 amide bonds. The highest BCUT2D eigenvalue weighted by molar-refractivity contribution is 5.99. The molecule has 0 saturated heterocycles. The molecule has 0 spiro atoms. The summed E-state index contributed by atoms with van der Waals surface area (Å²) in [5.74, 6) is 0.674. The Morgan fingerprint density at radius 3 is 3.20 bits per heavy atom. The van der Waals surface area contributed by atoms with Gasteiger partial charge in [-0.3, -0.25) is 4.79 Å². The first-order chi connectivity index (χ1) is 7.27. The van der Waals surface area contributed by atoms with Crippen molar-refractivity contribution in [1.82, 2.24) is 0 Å². The summed E-state index contributed by atoms with van der Waals surface area (Å²) in [6, 6.07) is 5.52. The molecule has 3 rings (SSSR count). The Labute approximate surface area is 87.1 Å². The second kappa shape index (κ2) is 2.97. The molecule has 0 fully saturated rings. The Morgan fingerprint density at radius 1 is 1.47 bits per heavy atom. The molecule has 0 radical (unpaired) electrons. The van der Waals surface area contributed by atoms with Crippen LogP contribution in [0.2, 0.25) is 0 Å². The summed E-state index contributed by atoms with van der Waals surface area (Å²) >= 11 is 0. The SMILES string of the molecule is O=C1COc2cccc3c2N1CCC3O. The fourth-order valence-corrected chi connectivity index (χ4v) is 2.20.